The first-order chi connectivity index (χ1) is 11.8. The first kappa shape index (κ1) is 17.8. The van der Waals surface area contributed by atoms with Crippen molar-refractivity contribution in [2.75, 3.05) is 0 Å². The Kier molecular flexibility index (Phi) is 5.03. The molecule has 0 unspecified atom stereocenters. The highest BCUT2D eigenvalue weighted by Crippen LogP contribution is 2.28. The minimum absolute atomic E-state index is 0.356. The third-order valence-corrected chi connectivity index (χ3v) is 4.48. The standard InChI is InChI=1S/C20H21IN2O2/c1-20(2,3)25-19(24)23-12-10-17(14-6-8-15(21)9-7-14)18(23)13-16-5-4-11-22-16/h4-12,22H,13H2,1-3H3. The summed E-state index contributed by atoms with van der Waals surface area (Å²) in [4.78, 5) is 15.8. The summed E-state index contributed by atoms with van der Waals surface area (Å²) in [5.41, 5.74) is 3.56. The van der Waals surface area contributed by atoms with Crippen LogP contribution >= 0.6 is 22.6 Å². The summed E-state index contributed by atoms with van der Waals surface area (Å²) in [7, 11) is 0. The second-order valence-electron chi connectivity index (χ2n) is 6.91. The molecular weight excluding hydrogens is 427 g/mol. The quantitative estimate of drug-likeness (QED) is 0.541. The van der Waals surface area contributed by atoms with Gasteiger partial charge in [0.05, 0.1) is 0 Å². The molecule has 1 aromatic carbocycles. The van der Waals surface area contributed by atoms with Crippen molar-refractivity contribution in [3.63, 3.8) is 0 Å². The number of carbonyl (C=O) groups excluding carboxylic acids is 1. The van der Waals surface area contributed by atoms with Crippen molar-refractivity contribution in [1.82, 2.24) is 9.55 Å². The van der Waals surface area contributed by atoms with E-state index in [1.54, 1.807) is 10.8 Å². The summed E-state index contributed by atoms with van der Waals surface area (Å²) in [6.07, 6.45) is 3.95. The molecule has 0 saturated carbocycles. The molecule has 0 amide bonds. The highest BCUT2D eigenvalue weighted by molar-refractivity contribution is 14.1. The number of aromatic amines is 1. The summed E-state index contributed by atoms with van der Waals surface area (Å²) in [5, 5.41) is 0. The van der Waals surface area contributed by atoms with Gasteiger partial charge in [-0.3, -0.25) is 4.57 Å². The number of H-pyrrole nitrogens is 1. The lowest BCUT2D eigenvalue weighted by Crippen LogP contribution is -2.27. The van der Waals surface area contributed by atoms with E-state index in [2.05, 4.69) is 51.8 Å². The minimum Gasteiger partial charge on any atom is -0.443 e. The van der Waals surface area contributed by atoms with Crippen LogP contribution in [0.3, 0.4) is 0 Å². The van der Waals surface area contributed by atoms with Crippen molar-refractivity contribution in [2.24, 2.45) is 0 Å². The van der Waals surface area contributed by atoms with Gasteiger partial charge in [-0.1, -0.05) is 12.1 Å². The fourth-order valence-electron chi connectivity index (χ4n) is 2.68. The summed E-state index contributed by atoms with van der Waals surface area (Å²) in [6, 6.07) is 14.2. The molecule has 4 nitrogen and oxygen atoms in total. The van der Waals surface area contributed by atoms with Crippen molar-refractivity contribution in [3.05, 3.63) is 69.8 Å². The maximum absolute atomic E-state index is 12.6. The molecule has 3 aromatic rings. The van der Waals surface area contributed by atoms with E-state index in [9.17, 15) is 4.79 Å². The Morgan fingerprint density at radius 1 is 1.16 bits per heavy atom. The van der Waals surface area contributed by atoms with Gasteiger partial charge in [-0.05, 0) is 79.3 Å². The van der Waals surface area contributed by atoms with Gasteiger partial charge in [0.25, 0.3) is 0 Å². The average Bonchev–Trinajstić information content (AvgIpc) is 3.17. The molecule has 0 spiro atoms. The maximum Gasteiger partial charge on any atom is 0.418 e. The highest BCUT2D eigenvalue weighted by atomic mass is 127. The third kappa shape index (κ3) is 4.34. The van der Waals surface area contributed by atoms with E-state index in [1.807, 2.05) is 45.2 Å². The Balaban J connectivity index is 2.03. The van der Waals surface area contributed by atoms with Gasteiger partial charge in [-0.2, -0.15) is 0 Å². The second-order valence-corrected chi connectivity index (χ2v) is 8.15. The molecule has 0 bridgehead atoms. The molecule has 2 heterocycles. The maximum atomic E-state index is 12.6. The zero-order valence-corrected chi connectivity index (χ0v) is 16.7. The number of aromatic nitrogens is 2. The largest absolute Gasteiger partial charge is 0.443 e. The van der Waals surface area contributed by atoms with Crippen molar-refractivity contribution >= 4 is 28.7 Å². The number of carbonyl (C=O) groups is 1. The van der Waals surface area contributed by atoms with Gasteiger partial charge in [-0.15, -0.1) is 0 Å². The Morgan fingerprint density at radius 2 is 1.88 bits per heavy atom. The normalized spacial score (nSPS) is 11.5. The van der Waals surface area contributed by atoms with Gasteiger partial charge in [0, 0.05) is 39.3 Å². The van der Waals surface area contributed by atoms with Crippen molar-refractivity contribution in [3.8, 4) is 11.1 Å². The number of rotatable bonds is 3. The van der Waals surface area contributed by atoms with Crippen LogP contribution in [0.25, 0.3) is 11.1 Å². The molecular formula is C20H21IN2O2. The monoisotopic (exact) mass is 448 g/mol. The molecule has 0 saturated heterocycles. The fraction of sp³-hybridized carbons (Fsp3) is 0.250. The molecule has 0 atom stereocenters. The van der Waals surface area contributed by atoms with Gasteiger partial charge in [0.1, 0.15) is 5.60 Å². The van der Waals surface area contributed by atoms with Crippen LogP contribution < -0.4 is 0 Å². The van der Waals surface area contributed by atoms with Crippen molar-refractivity contribution < 1.29 is 9.53 Å². The average molecular weight is 448 g/mol. The van der Waals surface area contributed by atoms with E-state index in [0.717, 1.165) is 22.5 Å². The van der Waals surface area contributed by atoms with E-state index in [0.29, 0.717) is 6.42 Å². The number of hydrogen-bond donors (Lipinski definition) is 1. The number of nitrogens with one attached hydrogen (secondary N) is 1. The predicted molar refractivity (Wildman–Crippen MR) is 108 cm³/mol. The summed E-state index contributed by atoms with van der Waals surface area (Å²) in [6.45, 7) is 5.62. The minimum atomic E-state index is -0.534. The van der Waals surface area contributed by atoms with Crippen LogP contribution in [0.2, 0.25) is 0 Å². The molecule has 2 aromatic heterocycles. The number of halogens is 1. The first-order valence-electron chi connectivity index (χ1n) is 8.15. The number of hydrogen-bond acceptors (Lipinski definition) is 2. The van der Waals surface area contributed by atoms with E-state index in [-0.39, 0.29) is 6.09 Å². The highest BCUT2D eigenvalue weighted by Gasteiger charge is 2.22. The molecule has 25 heavy (non-hydrogen) atoms. The van der Waals surface area contributed by atoms with Crippen molar-refractivity contribution in [2.45, 2.75) is 32.8 Å². The fourth-order valence-corrected chi connectivity index (χ4v) is 3.04. The van der Waals surface area contributed by atoms with E-state index in [4.69, 9.17) is 4.74 Å². The molecule has 1 N–H and O–H groups in total. The van der Waals surface area contributed by atoms with Crippen LogP contribution in [-0.4, -0.2) is 21.2 Å². The molecule has 0 radical (unpaired) electrons. The Bertz CT molecular complexity index is 856. The van der Waals surface area contributed by atoms with Crippen LogP contribution in [0.15, 0.2) is 54.9 Å². The van der Waals surface area contributed by atoms with Gasteiger partial charge in [0.15, 0.2) is 0 Å². The van der Waals surface area contributed by atoms with E-state index < -0.39 is 5.60 Å². The second kappa shape index (κ2) is 7.07. The van der Waals surface area contributed by atoms with E-state index in [1.165, 1.54) is 3.57 Å². The van der Waals surface area contributed by atoms with Crippen LogP contribution in [0.4, 0.5) is 4.79 Å². The molecule has 0 fully saturated rings. The van der Waals surface area contributed by atoms with Gasteiger partial charge < -0.3 is 9.72 Å². The van der Waals surface area contributed by atoms with Gasteiger partial charge in [0.2, 0.25) is 0 Å². The SMILES string of the molecule is CC(C)(C)OC(=O)n1ccc(-c2ccc(I)cc2)c1Cc1ccc[nH]1. The lowest BCUT2D eigenvalue weighted by molar-refractivity contribution is 0.0533. The van der Waals surface area contributed by atoms with E-state index >= 15 is 0 Å². The zero-order valence-electron chi connectivity index (χ0n) is 14.5. The number of ether oxygens (including phenoxy) is 1. The third-order valence-electron chi connectivity index (χ3n) is 3.76. The Morgan fingerprint density at radius 3 is 2.48 bits per heavy atom. The predicted octanol–water partition coefficient (Wildman–Crippen LogP) is 5.46. The molecule has 0 aliphatic rings. The number of benzene rings is 1. The van der Waals surface area contributed by atoms with Gasteiger partial charge in [-0.25, -0.2) is 4.79 Å². The van der Waals surface area contributed by atoms with Gasteiger partial charge >= 0.3 is 6.09 Å². The Hall–Kier alpha value is -2.02. The molecule has 0 aliphatic heterocycles. The molecule has 3 rings (SSSR count). The smallest absolute Gasteiger partial charge is 0.418 e. The lowest BCUT2D eigenvalue weighted by Gasteiger charge is -2.20. The topological polar surface area (TPSA) is 47.0 Å². The summed E-state index contributed by atoms with van der Waals surface area (Å²) >= 11 is 2.29. The van der Waals surface area contributed by atoms with Crippen LogP contribution in [0, 0.1) is 3.57 Å². The molecule has 5 heteroatoms. The molecule has 0 aliphatic carbocycles. The molecule has 130 valence electrons. The summed E-state index contributed by atoms with van der Waals surface area (Å²) in [5.74, 6) is 0. The van der Waals surface area contributed by atoms with Crippen LogP contribution in [0.1, 0.15) is 32.2 Å². The Labute approximate surface area is 161 Å². The zero-order chi connectivity index (χ0) is 18.0. The number of nitrogens with zero attached hydrogens (tertiary/aromatic N) is 1. The van der Waals surface area contributed by atoms with Crippen LogP contribution in [-0.2, 0) is 11.2 Å². The first-order valence-corrected chi connectivity index (χ1v) is 9.23. The lowest BCUT2D eigenvalue weighted by atomic mass is 10.0. The van der Waals surface area contributed by atoms with Crippen LogP contribution in [0.5, 0.6) is 0 Å². The summed E-state index contributed by atoms with van der Waals surface area (Å²) < 4.78 is 8.35. The van der Waals surface area contributed by atoms with Crippen molar-refractivity contribution in [1.29, 1.82) is 0 Å².